The molecule has 0 amide bonds. The standard InChI is InChI=1S/C14H29N/c1-4-5-6-9-14(15)10-7-8-13(11-14)12(2)3/h12-13H,4-11,15H2,1-3H3. The average molecular weight is 211 g/mol. The van der Waals surface area contributed by atoms with Crippen molar-refractivity contribution in [2.75, 3.05) is 0 Å². The molecule has 1 aliphatic carbocycles. The fourth-order valence-electron chi connectivity index (χ4n) is 2.97. The van der Waals surface area contributed by atoms with Gasteiger partial charge in [-0.2, -0.15) is 0 Å². The van der Waals surface area contributed by atoms with Crippen molar-refractivity contribution in [3.8, 4) is 0 Å². The van der Waals surface area contributed by atoms with Crippen molar-refractivity contribution in [2.24, 2.45) is 17.6 Å². The van der Waals surface area contributed by atoms with E-state index in [1.165, 1.54) is 51.4 Å². The average Bonchev–Trinajstić information content (AvgIpc) is 2.18. The van der Waals surface area contributed by atoms with E-state index in [2.05, 4.69) is 20.8 Å². The van der Waals surface area contributed by atoms with Gasteiger partial charge in [0.25, 0.3) is 0 Å². The summed E-state index contributed by atoms with van der Waals surface area (Å²) < 4.78 is 0. The van der Waals surface area contributed by atoms with Gasteiger partial charge in [-0.25, -0.2) is 0 Å². The fraction of sp³-hybridized carbons (Fsp3) is 1.00. The molecule has 90 valence electrons. The van der Waals surface area contributed by atoms with Crippen molar-refractivity contribution in [2.45, 2.75) is 77.7 Å². The van der Waals surface area contributed by atoms with Gasteiger partial charge >= 0.3 is 0 Å². The first-order chi connectivity index (χ1) is 7.07. The molecular weight excluding hydrogens is 182 g/mol. The Hall–Kier alpha value is -0.0400. The van der Waals surface area contributed by atoms with Crippen molar-refractivity contribution in [3.05, 3.63) is 0 Å². The van der Waals surface area contributed by atoms with Gasteiger partial charge in [0.15, 0.2) is 0 Å². The lowest BCUT2D eigenvalue weighted by Crippen LogP contribution is -2.45. The van der Waals surface area contributed by atoms with Crippen LogP contribution in [0.3, 0.4) is 0 Å². The Morgan fingerprint density at radius 2 is 2.07 bits per heavy atom. The first-order valence-electron chi connectivity index (χ1n) is 6.86. The van der Waals surface area contributed by atoms with Gasteiger partial charge in [-0.05, 0) is 31.1 Å². The molecule has 0 spiro atoms. The Kier molecular flexibility index (Phi) is 5.11. The molecule has 1 rings (SSSR count). The third-order valence-corrected chi connectivity index (χ3v) is 4.14. The molecule has 1 aliphatic rings. The number of hydrogen-bond donors (Lipinski definition) is 1. The van der Waals surface area contributed by atoms with Gasteiger partial charge in [0, 0.05) is 5.54 Å². The maximum atomic E-state index is 6.53. The van der Waals surface area contributed by atoms with Crippen LogP contribution in [0.2, 0.25) is 0 Å². The molecule has 0 aromatic heterocycles. The van der Waals surface area contributed by atoms with Crippen LogP contribution in [-0.4, -0.2) is 5.54 Å². The highest BCUT2D eigenvalue weighted by atomic mass is 14.7. The van der Waals surface area contributed by atoms with Gasteiger partial charge < -0.3 is 5.73 Å². The Morgan fingerprint density at radius 3 is 2.67 bits per heavy atom. The number of nitrogens with two attached hydrogens (primary N) is 1. The monoisotopic (exact) mass is 211 g/mol. The van der Waals surface area contributed by atoms with Gasteiger partial charge in [-0.3, -0.25) is 0 Å². The predicted molar refractivity (Wildman–Crippen MR) is 67.9 cm³/mol. The van der Waals surface area contributed by atoms with Crippen molar-refractivity contribution in [3.63, 3.8) is 0 Å². The van der Waals surface area contributed by atoms with Crippen molar-refractivity contribution < 1.29 is 0 Å². The highest BCUT2D eigenvalue weighted by molar-refractivity contribution is 4.91. The van der Waals surface area contributed by atoms with Crippen LogP contribution in [0.15, 0.2) is 0 Å². The summed E-state index contributed by atoms with van der Waals surface area (Å²) >= 11 is 0. The number of unbranched alkanes of at least 4 members (excludes halogenated alkanes) is 2. The maximum Gasteiger partial charge on any atom is 0.0157 e. The zero-order chi connectivity index (χ0) is 11.3. The molecule has 0 aromatic rings. The van der Waals surface area contributed by atoms with Crippen LogP contribution in [0.4, 0.5) is 0 Å². The van der Waals surface area contributed by atoms with E-state index in [0.717, 1.165) is 11.8 Å². The first kappa shape index (κ1) is 13.0. The first-order valence-corrected chi connectivity index (χ1v) is 6.86. The molecule has 0 saturated heterocycles. The van der Waals surface area contributed by atoms with Crippen molar-refractivity contribution in [1.82, 2.24) is 0 Å². The lowest BCUT2D eigenvalue weighted by molar-refractivity contribution is 0.171. The largest absolute Gasteiger partial charge is 0.325 e. The summed E-state index contributed by atoms with van der Waals surface area (Å²) in [6.07, 6.45) is 10.5. The van der Waals surface area contributed by atoms with E-state index in [4.69, 9.17) is 5.73 Å². The van der Waals surface area contributed by atoms with Crippen LogP contribution in [0.1, 0.15) is 72.1 Å². The normalized spacial score (nSPS) is 32.2. The molecule has 0 bridgehead atoms. The van der Waals surface area contributed by atoms with Crippen LogP contribution < -0.4 is 5.73 Å². The summed E-state index contributed by atoms with van der Waals surface area (Å²) in [6, 6.07) is 0. The topological polar surface area (TPSA) is 26.0 Å². The minimum Gasteiger partial charge on any atom is -0.325 e. The Bertz CT molecular complexity index is 176. The number of rotatable bonds is 5. The summed E-state index contributed by atoms with van der Waals surface area (Å²) in [5.74, 6) is 1.70. The summed E-state index contributed by atoms with van der Waals surface area (Å²) in [6.45, 7) is 6.96. The highest BCUT2D eigenvalue weighted by Crippen LogP contribution is 2.37. The quantitative estimate of drug-likeness (QED) is 0.680. The molecule has 0 heterocycles. The molecule has 0 aromatic carbocycles. The second-order valence-electron chi connectivity index (χ2n) is 5.92. The third-order valence-electron chi connectivity index (χ3n) is 4.14. The highest BCUT2D eigenvalue weighted by Gasteiger charge is 2.33. The minimum absolute atomic E-state index is 0.183. The molecule has 2 unspecified atom stereocenters. The Labute approximate surface area is 95.8 Å². The fourth-order valence-corrected chi connectivity index (χ4v) is 2.97. The van der Waals surface area contributed by atoms with Gasteiger partial charge in [-0.15, -0.1) is 0 Å². The lowest BCUT2D eigenvalue weighted by Gasteiger charge is -2.40. The van der Waals surface area contributed by atoms with Crippen LogP contribution in [0.5, 0.6) is 0 Å². The molecule has 2 atom stereocenters. The molecule has 15 heavy (non-hydrogen) atoms. The lowest BCUT2D eigenvalue weighted by atomic mass is 9.70. The molecule has 1 saturated carbocycles. The molecule has 1 nitrogen and oxygen atoms in total. The van der Waals surface area contributed by atoms with Gasteiger partial charge in [0.1, 0.15) is 0 Å². The third kappa shape index (κ3) is 4.14. The summed E-state index contributed by atoms with van der Waals surface area (Å²) in [5, 5.41) is 0. The molecule has 1 fully saturated rings. The van der Waals surface area contributed by atoms with Crippen LogP contribution in [0, 0.1) is 11.8 Å². The Balaban J connectivity index is 2.38. The van der Waals surface area contributed by atoms with Crippen molar-refractivity contribution in [1.29, 1.82) is 0 Å². The summed E-state index contributed by atoms with van der Waals surface area (Å²) in [5.41, 5.74) is 6.71. The molecular formula is C14H29N. The van der Waals surface area contributed by atoms with Crippen LogP contribution >= 0.6 is 0 Å². The number of hydrogen-bond acceptors (Lipinski definition) is 1. The van der Waals surface area contributed by atoms with Crippen molar-refractivity contribution >= 4 is 0 Å². The molecule has 0 radical (unpaired) electrons. The van der Waals surface area contributed by atoms with E-state index < -0.39 is 0 Å². The summed E-state index contributed by atoms with van der Waals surface area (Å²) in [7, 11) is 0. The molecule has 2 N–H and O–H groups in total. The SMILES string of the molecule is CCCCCC1(N)CCCC(C(C)C)C1. The maximum absolute atomic E-state index is 6.53. The van der Waals surface area contributed by atoms with E-state index in [1.807, 2.05) is 0 Å². The summed E-state index contributed by atoms with van der Waals surface area (Å²) in [4.78, 5) is 0. The van der Waals surface area contributed by atoms with E-state index in [9.17, 15) is 0 Å². The van der Waals surface area contributed by atoms with E-state index >= 15 is 0 Å². The zero-order valence-electron chi connectivity index (χ0n) is 10.9. The van der Waals surface area contributed by atoms with Gasteiger partial charge in [0.05, 0.1) is 0 Å². The van der Waals surface area contributed by atoms with Gasteiger partial charge in [0.2, 0.25) is 0 Å². The van der Waals surface area contributed by atoms with E-state index in [0.29, 0.717) is 0 Å². The second-order valence-corrected chi connectivity index (χ2v) is 5.92. The second kappa shape index (κ2) is 5.89. The Morgan fingerprint density at radius 1 is 1.33 bits per heavy atom. The van der Waals surface area contributed by atoms with E-state index in [1.54, 1.807) is 0 Å². The van der Waals surface area contributed by atoms with E-state index in [-0.39, 0.29) is 5.54 Å². The minimum atomic E-state index is 0.183. The van der Waals surface area contributed by atoms with Crippen LogP contribution in [-0.2, 0) is 0 Å². The van der Waals surface area contributed by atoms with Crippen LogP contribution in [0.25, 0.3) is 0 Å². The smallest absolute Gasteiger partial charge is 0.0157 e. The molecule has 1 heteroatoms. The zero-order valence-corrected chi connectivity index (χ0v) is 10.9. The predicted octanol–water partition coefficient (Wildman–Crippen LogP) is 4.11. The molecule has 0 aliphatic heterocycles. The van der Waals surface area contributed by atoms with Gasteiger partial charge in [-0.1, -0.05) is 52.9 Å².